The first-order chi connectivity index (χ1) is 21.5. The van der Waals surface area contributed by atoms with Gasteiger partial charge in [0.15, 0.2) is 6.04 Å². The molecule has 8 nitrogen and oxygen atoms in total. The van der Waals surface area contributed by atoms with Gasteiger partial charge < -0.3 is 20.3 Å². The van der Waals surface area contributed by atoms with Gasteiger partial charge in [0.05, 0.1) is 0 Å². The Morgan fingerprint density at radius 3 is 1.39 bits per heavy atom. The third kappa shape index (κ3) is 5.56. The number of thioether (sulfide) groups is 1. The Balaban J connectivity index is 1.23. The zero-order valence-corrected chi connectivity index (χ0v) is 24.7. The first-order valence-corrected chi connectivity index (χ1v) is 15.6. The summed E-state index contributed by atoms with van der Waals surface area (Å²) in [6.07, 6.45) is -2.13. The van der Waals surface area contributed by atoms with Crippen LogP contribution in [0.4, 0.5) is 9.59 Å². The van der Waals surface area contributed by atoms with E-state index in [4.69, 9.17) is 15.2 Å². The van der Waals surface area contributed by atoms with E-state index in [-0.39, 0.29) is 30.8 Å². The van der Waals surface area contributed by atoms with E-state index in [1.54, 1.807) is 0 Å². The minimum atomic E-state index is -1.50. The monoisotopic (exact) mass is 608 g/mol. The summed E-state index contributed by atoms with van der Waals surface area (Å²) in [7, 11) is 0. The summed E-state index contributed by atoms with van der Waals surface area (Å²) < 4.78 is 11.5. The van der Waals surface area contributed by atoms with Gasteiger partial charge in [0.2, 0.25) is 0 Å². The zero-order valence-electron chi connectivity index (χ0n) is 23.9. The molecule has 6 rings (SSSR count). The first kappa shape index (κ1) is 29.5. The van der Waals surface area contributed by atoms with E-state index in [0.717, 1.165) is 44.5 Å². The highest BCUT2D eigenvalue weighted by Crippen LogP contribution is 2.45. The number of rotatable bonds is 10. The molecule has 1 unspecified atom stereocenters. The number of carboxylic acid groups (broad SMARTS) is 1. The van der Waals surface area contributed by atoms with Gasteiger partial charge in [-0.05, 0) is 44.5 Å². The predicted octanol–water partition coefficient (Wildman–Crippen LogP) is 6.33. The minimum Gasteiger partial charge on any atom is -0.480 e. The van der Waals surface area contributed by atoms with E-state index >= 15 is 0 Å². The number of hydrogen-bond donors (Lipinski definition) is 2. The molecule has 9 heteroatoms. The van der Waals surface area contributed by atoms with Crippen molar-refractivity contribution < 1.29 is 29.0 Å². The van der Waals surface area contributed by atoms with Crippen molar-refractivity contribution in [1.82, 2.24) is 4.90 Å². The van der Waals surface area contributed by atoms with Crippen LogP contribution in [0.5, 0.6) is 0 Å². The fraction of sp³-hybridized carbons (Fsp3) is 0.229. The van der Waals surface area contributed by atoms with Crippen molar-refractivity contribution in [3.63, 3.8) is 0 Å². The van der Waals surface area contributed by atoms with Crippen LogP contribution in [0.15, 0.2) is 97.1 Å². The molecule has 2 aliphatic rings. The van der Waals surface area contributed by atoms with E-state index in [9.17, 15) is 19.5 Å². The van der Waals surface area contributed by atoms with E-state index in [1.807, 2.05) is 97.1 Å². The number of imide groups is 1. The second-order valence-electron chi connectivity index (χ2n) is 10.7. The van der Waals surface area contributed by atoms with Crippen molar-refractivity contribution in [2.45, 2.75) is 17.9 Å². The molecule has 4 aromatic carbocycles. The van der Waals surface area contributed by atoms with E-state index < -0.39 is 24.2 Å². The minimum absolute atomic E-state index is 0.0546. The number of nitrogens with two attached hydrogens (primary N) is 1. The molecule has 0 spiro atoms. The zero-order chi connectivity index (χ0) is 30.6. The highest BCUT2D eigenvalue weighted by Gasteiger charge is 2.39. The molecule has 0 saturated carbocycles. The number of aliphatic carboxylic acids is 1. The van der Waals surface area contributed by atoms with E-state index in [0.29, 0.717) is 17.2 Å². The SMILES string of the molecule is NCCSCC(C(=O)O)N(C(=O)OCC1c2ccccc2-c2ccccc21)C(=O)OCC1c2ccccc2-c2ccccc21. The smallest absolute Gasteiger partial charge is 0.420 e. The van der Waals surface area contributed by atoms with Gasteiger partial charge in [-0.1, -0.05) is 97.1 Å². The normalized spacial score (nSPS) is 13.8. The Morgan fingerprint density at radius 1 is 0.682 bits per heavy atom. The highest BCUT2D eigenvalue weighted by atomic mass is 32.2. The standard InChI is InChI=1S/C35H32N2O6S/c36-17-18-44-21-32(33(38)39)37(34(40)42-19-30-26-13-5-1-9-22(26)23-10-2-6-14-27(23)30)35(41)43-20-31-28-15-7-3-11-24(28)25-12-4-8-16-29(25)31/h1-16,30-32H,17-21,36H2,(H,38,39). The number of hydrogen-bond acceptors (Lipinski definition) is 7. The summed E-state index contributed by atoms with van der Waals surface area (Å²) in [4.78, 5) is 40.3. The number of ether oxygens (including phenoxy) is 2. The van der Waals surface area contributed by atoms with Crippen LogP contribution in [0.25, 0.3) is 22.3 Å². The summed E-state index contributed by atoms with van der Waals surface area (Å²) in [5.41, 5.74) is 13.8. The summed E-state index contributed by atoms with van der Waals surface area (Å²) in [5, 5.41) is 10.1. The molecule has 0 aromatic heterocycles. The Morgan fingerprint density at radius 2 is 1.05 bits per heavy atom. The quantitative estimate of drug-likeness (QED) is 0.201. The number of carboxylic acids is 1. The van der Waals surface area contributed by atoms with Gasteiger partial charge in [-0.15, -0.1) is 0 Å². The molecule has 0 saturated heterocycles. The second kappa shape index (κ2) is 13.0. The van der Waals surface area contributed by atoms with Gasteiger partial charge >= 0.3 is 18.2 Å². The molecular weight excluding hydrogens is 576 g/mol. The van der Waals surface area contributed by atoms with Crippen molar-refractivity contribution in [3.05, 3.63) is 119 Å². The topological polar surface area (TPSA) is 119 Å². The second-order valence-corrected chi connectivity index (χ2v) is 11.8. The van der Waals surface area contributed by atoms with Crippen molar-refractivity contribution in [1.29, 1.82) is 0 Å². The number of carbonyl (C=O) groups is 3. The van der Waals surface area contributed by atoms with Crippen LogP contribution in [-0.2, 0) is 14.3 Å². The Hall–Kier alpha value is -4.60. The number of nitrogens with zero attached hydrogens (tertiary/aromatic N) is 1. The van der Waals surface area contributed by atoms with Gasteiger partial charge in [-0.3, -0.25) is 0 Å². The number of fused-ring (bicyclic) bond motifs is 6. The van der Waals surface area contributed by atoms with Crippen LogP contribution in [0.1, 0.15) is 34.1 Å². The van der Waals surface area contributed by atoms with Crippen LogP contribution < -0.4 is 5.73 Å². The molecule has 0 heterocycles. The summed E-state index contributed by atoms with van der Waals surface area (Å²) in [6.45, 7) is 0.192. The van der Waals surface area contributed by atoms with Crippen LogP contribution in [0.3, 0.4) is 0 Å². The Labute approximate surface area is 259 Å². The maximum atomic E-state index is 13.6. The molecule has 2 amide bonds. The third-order valence-corrected chi connectivity index (χ3v) is 9.28. The van der Waals surface area contributed by atoms with Gasteiger partial charge in [-0.2, -0.15) is 16.7 Å². The van der Waals surface area contributed by atoms with Gasteiger partial charge in [-0.25, -0.2) is 14.4 Å². The van der Waals surface area contributed by atoms with Crippen molar-refractivity contribution in [2.75, 3.05) is 31.3 Å². The van der Waals surface area contributed by atoms with Crippen molar-refractivity contribution >= 4 is 29.9 Å². The first-order valence-electron chi connectivity index (χ1n) is 14.5. The lowest BCUT2D eigenvalue weighted by Crippen LogP contribution is -2.51. The van der Waals surface area contributed by atoms with E-state index in [2.05, 4.69) is 0 Å². The lowest BCUT2D eigenvalue weighted by Gasteiger charge is -2.27. The highest BCUT2D eigenvalue weighted by molar-refractivity contribution is 7.99. The molecule has 0 fully saturated rings. The average molecular weight is 609 g/mol. The lowest BCUT2D eigenvalue weighted by molar-refractivity contribution is -0.141. The molecule has 4 aromatic rings. The maximum absolute atomic E-state index is 13.6. The molecule has 3 N–H and O–H groups in total. The number of amides is 2. The summed E-state index contributed by atoms with van der Waals surface area (Å²) in [5.74, 6) is -1.44. The van der Waals surface area contributed by atoms with Crippen LogP contribution >= 0.6 is 11.8 Å². The fourth-order valence-electron chi connectivity index (χ4n) is 6.19. The molecular formula is C35H32N2O6S. The van der Waals surface area contributed by atoms with Crippen LogP contribution in [0.2, 0.25) is 0 Å². The van der Waals surface area contributed by atoms with E-state index in [1.165, 1.54) is 11.8 Å². The summed E-state index contributed by atoms with van der Waals surface area (Å²) >= 11 is 1.24. The summed E-state index contributed by atoms with van der Waals surface area (Å²) in [6, 6.07) is 30.1. The largest absolute Gasteiger partial charge is 0.480 e. The Bertz CT molecular complexity index is 1510. The van der Waals surface area contributed by atoms with Gasteiger partial charge in [0, 0.05) is 29.9 Å². The molecule has 2 aliphatic carbocycles. The van der Waals surface area contributed by atoms with Crippen molar-refractivity contribution in [2.24, 2.45) is 5.73 Å². The molecule has 224 valence electrons. The molecule has 1 atom stereocenters. The average Bonchev–Trinajstić information content (AvgIpc) is 3.54. The number of carbonyl (C=O) groups excluding carboxylic acids is 2. The Kier molecular flexibility index (Phi) is 8.67. The van der Waals surface area contributed by atoms with Crippen molar-refractivity contribution in [3.8, 4) is 22.3 Å². The van der Waals surface area contributed by atoms with Gasteiger partial charge in [0.25, 0.3) is 0 Å². The predicted molar refractivity (Wildman–Crippen MR) is 170 cm³/mol. The third-order valence-electron chi connectivity index (χ3n) is 8.20. The number of benzene rings is 4. The lowest BCUT2D eigenvalue weighted by atomic mass is 9.98. The fourth-order valence-corrected chi connectivity index (χ4v) is 7.04. The molecule has 0 bridgehead atoms. The molecule has 0 aliphatic heterocycles. The van der Waals surface area contributed by atoms with Crippen LogP contribution in [-0.4, -0.2) is 65.5 Å². The van der Waals surface area contributed by atoms with Gasteiger partial charge in [0.1, 0.15) is 13.2 Å². The maximum Gasteiger partial charge on any atom is 0.420 e. The van der Waals surface area contributed by atoms with Crippen LogP contribution in [0, 0.1) is 0 Å². The molecule has 0 radical (unpaired) electrons. The molecule has 44 heavy (non-hydrogen) atoms.